The monoisotopic (exact) mass is 354 g/mol. The number of nitrogens with two attached hydrogens (primary N) is 1. The molecule has 0 aromatic heterocycles. The molecule has 2 rings (SSSR count). The number of nitrogens with zero attached hydrogens (tertiary/aromatic N) is 1. The number of halogens is 3. The number of hydrogen-bond acceptors (Lipinski definition) is 2. The number of rotatable bonds is 5. The molecular weight excluding hydrogens is 338 g/mol. The molecule has 0 amide bonds. The van der Waals surface area contributed by atoms with Crippen LogP contribution in [0.4, 0.5) is 8.78 Å². The minimum Gasteiger partial charge on any atom is -0.329 e. The molecule has 0 aliphatic heterocycles. The van der Waals surface area contributed by atoms with Gasteiger partial charge in [0.25, 0.3) is 0 Å². The first-order valence-corrected chi connectivity index (χ1v) is 7.40. The van der Waals surface area contributed by atoms with Gasteiger partial charge in [0, 0.05) is 23.6 Å². The lowest BCUT2D eigenvalue weighted by Crippen LogP contribution is -2.30. The van der Waals surface area contributed by atoms with Gasteiger partial charge in [-0.2, -0.15) is 0 Å². The first-order chi connectivity index (χ1) is 10.0. The summed E-state index contributed by atoms with van der Waals surface area (Å²) in [5.74, 6) is -1.69. The topological polar surface area (TPSA) is 29.3 Å². The van der Waals surface area contributed by atoms with Crippen LogP contribution < -0.4 is 5.73 Å². The maximum atomic E-state index is 13.4. The highest BCUT2D eigenvalue weighted by molar-refractivity contribution is 9.10. The van der Waals surface area contributed by atoms with E-state index in [1.54, 1.807) is 6.07 Å². The van der Waals surface area contributed by atoms with Crippen LogP contribution in [0.25, 0.3) is 0 Å². The first-order valence-electron chi connectivity index (χ1n) is 6.61. The molecule has 21 heavy (non-hydrogen) atoms. The lowest BCUT2D eigenvalue weighted by Gasteiger charge is -2.27. The summed E-state index contributed by atoms with van der Waals surface area (Å²) in [6.45, 7) is 1.01. The third kappa shape index (κ3) is 4.09. The lowest BCUT2D eigenvalue weighted by atomic mass is 10.0. The maximum absolute atomic E-state index is 13.4. The van der Waals surface area contributed by atoms with E-state index in [9.17, 15) is 8.78 Å². The van der Waals surface area contributed by atoms with Crippen molar-refractivity contribution in [3.63, 3.8) is 0 Å². The summed E-state index contributed by atoms with van der Waals surface area (Å²) >= 11 is 3.39. The molecule has 0 saturated heterocycles. The molecule has 0 aliphatic rings. The van der Waals surface area contributed by atoms with Gasteiger partial charge in [-0.1, -0.05) is 34.1 Å². The second-order valence-electron chi connectivity index (χ2n) is 4.97. The Morgan fingerprint density at radius 1 is 1.10 bits per heavy atom. The average molecular weight is 355 g/mol. The molecule has 0 saturated carbocycles. The molecule has 0 bridgehead atoms. The highest BCUT2D eigenvalue weighted by Gasteiger charge is 2.17. The molecule has 0 spiro atoms. The zero-order chi connectivity index (χ0) is 15.4. The van der Waals surface area contributed by atoms with Gasteiger partial charge in [0.2, 0.25) is 0 Å². The van der Waals surface area contributed by atoms with E-state index in [0.29, 0.717) is 18.7 Å². The van der Waals surface area contributed by atoms with Crippen molar-refractivity contribution in [1.82, 2.24) is 4.90 Å². The van der Waals surface area contributed by atoms with Crippen molar-refractivity contribution >= 4 is 15.9 Å². The van der Waals surface area contributed by atoms with Crippen LogP contribution in [0.15, 0.2) is 46.9 Å². The third-order valence-electron chi connectivity index (χ3n) is 3.43. The summed E-state index contributed by atoms with van der Waals surface area (Å²) < 4.78 is 27.4. The van der Waals surface area contributed by atoms with E-state index in [1.165, 1.54) is 6.07 Å². The Labute approximate surface area is 131 Å². The van der Waals surface area contributed by atoms with Gasteiger partial charge in [-0.15, -0.1) is 0 Å². The van der Waals surface area contributed by atoms with Gasteiger partial charge in [-0.25, -0.2) is 8.78 Å². The number of hydrogen-bond donors (Lipinski definition) is 1. The normalized spacial score (nSPS) is 12.7. The van der Waals surface area contributed by atoms with E-state index in [4.69, 9.17) is 5.73 Å². The molecule has 2 aromatic rings. The number of benzene rings is 2. The van der Waals surface area contributed by atoms with E-state index in [2.05, 4.69) is 15.9 Å². The fourth-order valence-electron chi connectivity index (χ4n) is 2.28. The second-order valence-corrected chi connectivity index (χ2v) is 5.88. The van der Waals surface area contributed by atoms with E-state index in [0.717, 1.165) is 16.1 Å². The molecule has 0 heterocycles. The van der Waals surface area contributed by atoms with Crippen molar-refractivity contribution in [2.24, 2.45) is 5.73 Å². The van der Waals surface area contributed by atoms with E-state index < -0.39 is 11.6 Å². The van der Waals surface area contributed by atoms with Crippen molar-refractivity contribution in [3.05, 3.63) is 69.7 Å². The molecule has 112 valence electrons. The van der Waals surface area contributed by atoms with E-state index in [1.807, 2.05) is 36.2 Å². The Kier molecular flexibility index (Phi) is 5.45. The molecule has 5 heteroatoms. The fourth-order valence-corrected chi connectivity index (χ4v) is 2.54. The predicted octanol–water partition coefficient (Wildman–Crippen LogP) is 3.86. The van der Waals surface area contributed by atoms with Crippen molar-refractivity contribution in [2.75, 3.05) is 13.6 Å². The highest BCUT2D eigenvalue weighted by Crippen LogP contribution is 2.22. The smallest absolute Gasteiger partial charge is 0.159 e. The van der Waals surface area contributed by atoms with Gasteiger partial charge in [0.1, 0.15) is 0 Å². The summed E-state index contributed by atoms with van der Waals surface area (Å²) in [7, 11) is 1.92. The molecule has 0 radical (unpaired) electrons. The summed E-state index contributed by atoms with van der Waals surface area (Å²) in [6.07, 6.45) is 0. The molecular formula is C16H17BrF2N2. The Balaban J connectivity index is 2.15. The zero-order valence-electron chi connectivity index (χ0n) is 11.7. The van der Waals surface area contributed by atoms with Gasteiger partial charge < -0.3 is 5.73 Å². The minimum absolute atomic E-state index is 0.163. The predicted molar refractivity (Wildman–Crippen MR) is 83.8 cm³/mol. The van der Waals surface area contributed by atoms with Crippen LogP contribution in [0.2, 0.25) is 0 Å². The van der Waals surface area contributed by atoms with Crippen molar-refractivity contribution in [3.8, 4) is 0 Å². The Bertz CT molecular complexity index is 602. The van der Waals surface area contributed by atoms with Gasteiger partial charge in [-0.3, -0.25) is 4.90 Å². The molecule has 1 atom stereocenters. The average Bonchev–Trinajstić information content (AvgIpc) is 2.46. The zero-order valence-corrected chi connectivity index (χ0v) is 13.3. The summed E-state index contributed by atoms with van der Waals surface area (Å²) in [5.41, 5.74) is 7.61. The SMILES string of the molecule is CN(Cc1ccc(Br)cc1)C(CN)c1ccc(F)c(F)c1. The molecule has 1 unspecified atom stereocenters. The van der Waals surface area contributed by atoms with Crippen molar-refractivity contribution < 1.29 is 8.78 Å². The first kappa shape index (κ1) is 16.1. The van der Waals surface area contributed by atoms with Crippen molar-refractivity contribution in [1.29, 1.82) is 0 Å². The van der Waals surface area contributed by atoms with Crippen LogP contribution in [0.3, 0.4) is 0 Å². The largest absolute Gasteiger partial charge is 0.329 e. The quantitative estimate of drug-likeness (QED) is 0.883. The van der Waals surface area contributed by atoms with E-state index >= 15 is 0 Å². The van der Waals surface area contributed by atoms with Crippen LogP contribution in [0.1, 0.15) is 17.2 Å². The van der Waals surface area contributed by atoms with Gasteiger partial charge in [0.15, 0.2) is 11.6 Å². The van der Waals surface area contributed by atoms with Crippen LogP contribution >= 0.6 is 15.9 Å². The van der Waals surface area contributed by atoms with Crippen LogP contribution in [-0.4, -0.2) is 18.5 Å². The Morgan fingerprint density at radius 3 is 2.33 bits per heavy atom. The summed E-state index contributed by atoms with van der Waals surface area (Å²) in [4.78, 5) is 2.02. The maximum Gasteiger partial charge on any atom is 0.159 e. The van der Waals surface area contributed by atoms with Gasteiger partial charge in [-0.05, 0) is 42.4 Å². The lowest BCUT2D eigenvalue weighted by molar-refractivity contribution is 0.241. The van der Waals surface area contributed by atoms with Gasteiger partial charge in [0.05, 0.1) is 0 Å². The minimum atomic E-state index is -0.844. The highest BCUT2D eigenvalue weighted by atomic mass is 79.9. The molecule has 2 nitrogen and oxygen atoms in total. The Hall–Kier alpha value is -1.30. The third-order valence-corrected chi connectivity index (χ3v) is 3.96. The van der Waals surface area contributed by atoms with Crippen LogP contribution in [0.5, 0.6) is 0 Å². The number of likely N-dealkylation sites (N-methyl/N-ethyl adjacent to an activating group) is 1. The molecule has 0 fully saturated rings. The Morgan fingerprint density at radius 2 is 1.76 bits per heavy atom. The molecule has 2 aromatic carbocycles. The molecule has 2 N–H and O–H groups in total. The van der Waals surface area contributed by atoms with E-state index in [-0.39, 0.29) is 6.04 Å². The summed E-state index contributed by atoms with van der Waals surface area (Å²) in [5, 5.41) is 0. The van der Waals surface area contributed by atoms with Crippen molar-refractivity contribution in [2.45, 2.75) is 12.6 Å². The fraction of sp³-hybridized carbons (Fsp3) is 0.250. The van der Waals surface area contributed by atoms with Gasteiger partial charge >= 0.3 is 0 Å². The second kappa shape index (κ2) is 7.11. The standard InChI is InChI=1S/C16H17BrF2N2/c1-21(10-11-2-5-13(17)6-3-11)16(9-20)12-4-7-14(18)15(19)8-12/h2-8,16H,9-10,20H2,1H3. The van der Waals surface area contributed by atoms with Crippen LogP contribution in [0, 0.1) is 11.6 Å². The van der Waals surface area contributed by atoms with Crippen LogP contribution in [-0.2, 0) is 6.54 Å². The summed E-state index contributed by atoms with van der Waals surface area (Å²) in [6, 6.07) is 11.7. The molecule has 0 aliphatic carbocycles.